The average Bonchev–Trinajstić information content (AvgIpc) is 2.53. The number of nitrogens with zero attached hydrogens (tertiary/aromatic N) is 2. The molecule has 0 radical (unpaired) electrons. The Morgan fingerprint density at radius 3 is 2.18 bits per heavy atom. The summed E-state index contributed by atoms with van der Waals surface area (Å²) in [6.45, 7) is 6.58. The first-order valence-corrected chi connectivity index (χ1v) is 8.98. The van der Waals surface area contributed by atoms with Gasteiger partial charge in [-0.25, -0.2) is 0 Å². The number of likely N-dealkylation sites (tertiary alicyclic amines) is 1. The number of piperidine rings is 1. The normalized spacial score (nSPS) is 26.8. The van der Waals surface area contributed by atoms with E-state index in [0.717, 1.165) is 57.7 Å². The molecule has 22 heavy (non-hydrogen) atoms. The van der Waals surface area contributed by atoms with Crippen molar-refractivity contribution in [1.82, 2.24) is 9.80 Å². The monoisotopic (exact) mass is 308 g/mol. The molecule has 1 saturated heterocycles. The molecule has 0 aromatic heterocycles. The van der Waals surface area contributed by atoms with E-state index < -0.39 is 0 Å². The lowest BCUT2D eigenvalue weighted by Gasteiger charge is -2.33. The van der Waals surface area contributed by atoms with Crippen LogP contribution in [-0.4, -0.2) is 48.3 Å². The van der Waals surface area contributed by atoms with Crippen LogP contribution in [-0.2, 0) is 9.59 Å². The summed E-state index contributed by atoms with van der Waals surface area (Å²) in [4.78, 5) is 27.7. The lowest BCUT2D eigenvalue weighted by atomic mass is 9.82. The molecule has 2 rings (SSSR count). The van der Waals surface area contributed by atoms with Crippen molar-refractivity contribution in [2.24, 2.45) is 17.8 Å². The molecule has 0 unspecified atom stereocenters. The van der Waals surface area contributed by atoms with Gasteiger partial charge in [-0.05, 0) is 56.8 Å². The molecule has 0 bridgehead atoms. The fourth-order valence-corrected chi connectivity index (χ4v) is 3.84. The zero-order valence-electron chi connectivity index (χ0n) is 14.5. The molecule has 0 aromatic rings. The molecule has 126 valence electrons. The van der Waals surface area contributed by atoms with E-state index in [1.165, 1.54) is 12.8 Å². The van der Waals surface area contributed by atoms with Gasteiger partial charge in [-0.2, -0.15) is 0 Å². The van der Waals surface area contributed by atoms with Gasteiger partial charge in [0.1, 0.15) is 0 Å². The lowest BCUT2D eigenvalue weighted by molar-refractivity contribution is -0.135. The van der Waals surface area contributed by atoms with Crippen LogP contribution in [0.3, 0.4) is 0 Å². The van der Waals surface area contributed by atoms with Crippen molar-refractivity contribution in [1.29, 1.82) is 0 Å². The fraction of sp³-hybridized carbons (Fsp3) is 0.889. The highest BCUT2D eigenvalue weighted by atomic mass is 16.2. The molecule has 2 amide bonds. The van der Waals surface area contributed by atoms with Gasteiger partial charge >= 0.3 is 0 Å². The molecule has 0 N–H and O–H groups in total. The maximum Gasteiger partial charge on any atom is 0.225 e. The van der Waals surface area contributed by atoms with E-state index in [9.17, 15) is 9.59 Å². The van der Waals surface area contributed by atoms with Crippen LogP contribution in [0.15, 0.2) is 0 Å². The molecular formula is C18H32N2O2. The van der Waals surface area contributed by atoms with Crippen LogP contribution in [0.2, 0.25) is 0 Å². The molecule has 0 aromatic carbocycles. The molecule has 0 atom stereocenters. The second kappa shape index (κ2) is 7.98. The average molecular weight is 308 g/mol. The van der Waals surface area contributed by atoms with E-state index in [1.807, 2.05) is 16.8 Å². The Morgan fingerprint density at radius 1 is 1.05 bits per heavy atom. The molecule has 0 spiro atoms. The molecule has 4 heteroatoms. The third kappa shape index (κ3) is 4.72. The van der Waals surface area contributed by atoms with Gasteiger partial charge in [0, 0.05) is 39.5 Å². The predicted molar refractivity (Wildman–Crippen MR) is 88.4 cm³/mol. The summed E-state index contributed by atoms with van der Waals surface area (Å²) in [5, 5.41) is 0. The van der Waals surface area contributed by atoms with E-state index in [2.05, 4.69) is 6.92 Å². The van der Waals surface area contributed by atoms with Gasteiger partial charge in [-0.1, -0.05) is 6.92 Å². The number of carbonyl (C=O) groups is 2. The van der Waals surface area contributed by atoms with Crippen LogP contribution in [0.25, 0.3) is 0 Å². The number of carbonyl (C=O) groups excluding carboxylic acids is 2. The summed E-state index contributed by atoms with van der Waals surface area (Å²) in [5.41, 5.74) is 0. The van der Waals surface area contributed by atoms with Crippen molar-refractivity contribution < 1.29 is 9.59 Å². The zero-order valence-corrected chi connectivity index (χ0v) is 14.5. The third-order valence-electron chi connectivity index (χ3n) is 5.67. The van der Waals surface area contributed by atoms with Crippen molar-refractivity contribution >= 4 is 11.8 Å². The summed E-state index contributed by atoms with van der Waals surface area (Å²) in [7, 11) is 1.96. The maximum absolute atomic E-state index is 12.5. The highest BCUT2D eigenvalue weighted by Crippen LogP contribution is 2.29. The standard InChI is InChI=1S/C18H32N2O2/c1-14-4-6-17(7-5-14)18(22)19(3)11-8-16-9-12-20(13-10-16)15(2)21/h14,16-17H,4-13H2,1-3H3/t14-,17-. The van der Waals surface area contributed by atoms with E-state index in [4.69, 9.17) is 0 Å². The Morgan fingerprint density at radius 2 is 1.64 bits per heavy atom. The SMILES string of the molecule is CC(=O)N1CCC(CCN(C)C(=O)[C@H]2CC[C@H](C)CC2)CC1. The van der Waals surface area contributed by atoms with E-state index in [0.29, 0.717) is 11.8 Å². The van der Waals surface area contributed by atoms with Crippen molar-refractivity contribution in [3.05, 3.63) is 0 Å². The fourth-order valence-electron chi connectivity index (χ4n) is 3.84. The largest absolute Gasteiger partial charge is 0.346 e. The second-order valence-corrected chi connectivity index (χ2v) is 7.45. The highest BCUT2D eigenvalue weighted by Gasteiger charge is 2.27. The minimum absolute atomic E-state index is 0.192. The van der Waals surface area contributed by atoms with Gasteiger partial charge < -0.3 is 9.80 Å². The summed E-state index contributed by atoms with van der Waals surface area (Å²) in [6, 6.07) is 0. The molecule has 4 nitrogen and oxygen atoms in total. The number of rotatable bonds is 4. The molecule has 1 heterocycles. The molecule has 2 fully saturated rings. The third-order valence-corrected chi connectivity index (χ3v) is 5.67. The molecular weight excluding hydrogens is 276 g/mol. The van der Waals surface area contributed by atoms with Gasteiger partial charge in [0.25, 0.3) is 0 Å². The first kappa shape index (κ1) is 17.3. The van der Waals surface area contributed by atoms with Crippen LogP contribution < -0.4 is 0 Å². The Kier molecular flexibility index (Phi) is 6.27. The van der Waals surface area contributed by atoms with Crippen molar-refractivity contribution in [2.45, 2.75) is 58.8 Å². The van der Waals surface area contributed by atoms with Crippen molar-refractivity contribution in [3.63, 3.8) is 0 Å². The highest BCUT2D eigenvalue weighted by molar-refractivity contribution is 5.78. The minimum atomic E-state index is 0.192. The molecule has 1 aliphatic carbocycles. The smallest absolute Gasteiger partial charge is 0.225 e. The Balaban J connectivity index is 1.68. The van der Waals surface area contributed by atoms with Gasteiger partial charge in [0.15, 0.2) is 0 Å². The first-order chi connectivity index (χ1) is 10.5. The molecule has 1 saturated carbocycles. The maximum atomic E-state index is 12.5. The molecule has 2 aliphatic rings. The quantitative estimate of drug-likeness (QED) is 0.801. The Hall–Kier alpha value is -1.06. The summed E-state index contributed by atoms with van der Waals surface area (Å²) >= 11 is 0. The zero-order chi connectivity index (χ0) is 16.1. The van der Waals surface area contributed by atoms with Crippen LogP contribution in [0.4, 0.5) is 0 Å². The topological polar surface area (TPSA) is 40.6 Å². The lowest BCUT2D eigenvalue weighted by Crippen LogP contribution is -2.39. The Bertz CT molecular complexity index is 381. The van der Waals surface area contributed by atoms with Crippen LogP contribution in [0, 0.1) is 17.8 Å². The van der Waals surface area contributed by atoms with Gasteiger partial charge in [0.05, 0.1) is 0 Å². The summed E-state index contributed by atoms with van der Waals surface area (Å²) in [5.74, 6) is 2.27. The van der Waals surface area contributed by atoms with Gasteiger partial charge in [-0.15, -0.1) is 0 Å². The van der Waals surface area contributed by atoms with Crippen LogP contribution in [0.5, 0.6) is 0 Å². The van der Waals surface area contributed by atoms with E-state index in [1.54, 1.807) is 6.92 Å². The Labute approximate surface area is 135 Å². The van der Waals surface area contributed by atoms with Crippen molar-refractivity contribution in [2.75, 3.05) is 26.7 Å². The van der Waals surface area contributed by atoms with E-state index >= 15 is 0 Å². The van der Waals surface area contributed by atoms with Crippen LogP contribution in [0.1, 0.15) is 58.8 Å². The van der Waals surface area contributed by atoms with E-state index in [-0.39, 0.29) is 11.8 Å². The van der Waals surface area contributed by atoms with Gasteiger partial charge in [-0.3, -0.25) is 9.59 Å². The predicted octanol–water partition coefficient (Wildman–Crippen LogP) is 2.92. The molecule has 1 aliphatic heterocycles. The number of hydrogen-bond donors (Lipinski definition) is 0. The van der Waals surface area contributed by atoms with Gasteiger partial charge in [0.2, 0.25) is 11.8 Å². The summed E-state index contributed by atoms with van der Waals surface area (Å²) < 4.78 is 0. The van der Waals surface area contributed by atoms with Crippen molar-refractivity contribution in [3.8, 4) is 0 Å². The summed E-state index contributed by atoms with van der Waals surface area (Å²) in [6.07, 6.45) is 7.80. The number of amides is 2. The van der Waals surface area contributed by atoms with Crippen LogP contribution >= 0.6 is 0 Å². The first-order valence-electron chi connectivity index (χ1n) is 8.98. The second-order valence-electron chi connectivity index (χ2n) is 7.45. The number of hydrogen-bond acceptors (Lipinski definition) is 2. The minimum Gasteiger partial charge on any atom is -0.346 e.